The van der Waals surface area contributed by atoms with E-state index in [9.17, 15) is 4.79 Å². The second-order valence-corrected chi connectivity index (χ2v) is 6.08. The summed E-state index contributed by atoms with van der Waals surface area (Å²) in [5, 5.41) is 0. The van der Waals surface area contributed by atoms with E-state index in [2.05, 4.69) is 31.2 Å². The second kappa shape index (κ2) is 5.85. The molecular weight excluding hydrogens is 256 g/mol. The van der Waals surface area contributed by atoms with Crippen LogP contribution in [0.4, 0.5) is 0 Å². The van der Waals surface area contributed by atoms with Crippen LogP contribution in [0.25, 0.3) is 0 Å². The van der Waals surface area contributed by atoms with Crippen LogP contribution in [0.3, 0.4) is 0 Å². The van der Waals surface area contributed by atoms with Gasteiger partial charge >= 0.3 is 0 Å². The first-order valence-electron chi connectivity index (χ1n) is 7.95. The quantitative estimate of drug-likeness (QED) is 0.708. The molecule has 0 atom stereocenters. The van der Waals surface area contributed by atoms with E-state index in [4.69, 9.17) is 0 Å². The van der Waals surface area contributed by atoms with Crippen LogP contribution < -0.4 is 0 Å². The van der Waals surface area contributed by atoms with E-state index in [1.807, 2.05) is 30.3 Å². The Morgan fingerprint density at radius 3 is 2.43 bits per heavy atom. The maximum atomic E-state index is 13.1. The standard InChI is InChI=1S/C20H22O/c1-2-8-16-9-6-10-17(15-16)19(21)20(13-7-14-20)18-11-4-3-5-12-18/h3-6,9-12,15H,2,7-8,13-14H2,1H3. The van der Waals surface area contributed by atoms with Crippen molar-refractivity contribution in [2.24, 2.45) is 0 Å². The highest BCUT2D eigenvalue weighted by Crippen LogP contribution is 2.46. The van der Waals surface area contributed by atoms with Gasteiger partial charge in [-0.1, -0.05) is 68.3 Å². The normalized spacial score (nSPS) is 16.2. The summed E-state index contributed by atoms with van der Waals surface area (Å²) in [4.78, 5) is 13.1. The SMILES string of the molecule is CCCc1cccc(C(=O)C2(c3ccccc3)CCC2)c1. The lowest BCUT2D eigenvalue weighted by Gasteiger charge is -2.41. The number of carbonyl (C=O) groups is 1. The minimum atomic E-state index is -0.272. The van der Waals surface area contributed by atoms with Crippen molar-refractivity contribution in [3.8, 4) is 0 Å². The van der Waals surface area contributed by atoms with Crippen LogP contribution in [0.15, 0.2) is 54.6 Å². The molecule has 3 rings (SSSR count). The first-order chi connectivity index (χ1) is 10.3. The van der Waals surface area contributed by atoms with Gasteiger partial charge in [-0.25, -0.2) is 0 Å². The number of benzene rings is 2. The molecule has 0 heterocycles. The van der Waals surface area contributed by atoms with Crippen LogP contribution in [0.2, 0.25) is 0 Å². The predicted molar refractivity (Wildman–Crippen MR) is 86.7 cm³/mol. The fourth-order valence-corrected chi connectivity index (χ4v) is 3.37. The van der Waals surface area contributed by atoms with E-state index in [1.165, 1.54) is 11.1 Å². The van der Waals surface area contributed by atoms with Crippen molar-refractivity contribution >= 4 is 5.78 Å². The van der Waals surface area contributed by atoms with Gasteiger partial charge in [0.1, 0.15) is 0 Å². The zero-order valence-corrected chi connectivity index (χ0v) is 12.6. The molecule has 2 aromatic rings. The molecule has 108 valence electrons. The van der Waals surface area contributed by atoms with Gasteiger partial charge < -0.3 is 0 Å². The molecule has 1 heteroatoms. The van der Waals surface area contributed by atoms with Crippen molar-refractivity contribution in [3.05, 3.63) is 71.3 Å². The fraction of sp³-hybridized carbons (Fsp3) is 0.350. The number of aryl methyl sites for hydroxylation is 1. The molecule has 2 aromatic carbocycles. The smallest absolute Gasteiger partial charge is 0.173 e. The van der Waals surface area contributed by atoms with Gasteiger partial charge in [-0.3, -0.25) is 4.79 Å². The molecular formula is C20H22O. The van der Waals surface area contributed by atoms with Crippen molar-refractivity contribution in [2.45, 2.75) is 44.4 Å². The minimum Gasteiger partial charge on any atom is -0.293 e. The van der Waals surface area contributed by atoms with Gasteiger partial charge in [0.25, 0.3) is 0 Å². The lowest BCUT2D eigenvalue weighted by atomic mass is 9.60. The molecule has 1 aliphatic carbocycles. The Balaban J connectivity index is 1.95. The van der Waals surface area contributed by atoms with E-state index in [0.29, 0.717) is 5.78 Å². The van der Waals surface area contributed by atoms with Crippen molar-refractivity contribution in [1.82, 2.24) is 0 Å². The maximum Gasteiger partial charge on any atom is 0.173 e. The predicted octanol–water partition coefficient (Wildman–Crippen LogP) is 4.94. The van der Waals surface area contributed by atoms with Gasteiger partial charge in [0, 0.05) is 5.56 Å². The Labute approximate surface area is 127 Å². The topological polar surface area (TPSA) is 17.1 Å². The van der Waals surface area contributed by atoms with Crippen LogP contribution >= 0.6 is 0 Å². The van der Waals surface area contributed by atoms with E-state index in [0.717, 1.165) is 37.7 Å². The average molecular weight is 278 g/mol. The Hall–Kier alpha value is -1.89. The maximum absolute atomic E-state index is 13.1. The summed E-state index contributed by atoms with van der Waals surface area (Å²) in [5.41, 5.74) is 3.06. The number of Topliss-reactive ketones (excluding diaryl/α,β-unsaturated/α-hetero) is 1. The minimum absolute atomic E-state index is 0.272. The van der Waals surface area contributed by atoms with Crippen LogP contribution in [0.5, 0.6) is 0 Å². The van der Waals surface area contributed by atoms with E-state index in [-0.39, 0.29) is 5.41 Å². The van der Waals surface area contributed by atoms with E-state index < -0.39 is 0 Å². The molecule has 0 aromatic heterocycles. The molecule has 0 N–H and O–H groups in total. The third kappa shape index (κ3) is 2.53. The summed E-state index contributed by atoms with van der Waals surface area (Å²) < 4.78 is 0. The Morgan fingerprint density at radius 2 is 1.81 bits per heavy atom. The third-order valence-electron chi connectivity index (χ3n) is 4.70. The molecule has 0 amide bonds. The van der Waals surface area contributed by atoms with Crippen LogP contribution in [0, 0.1) is 0 Å². The molecule has 1 aliphatic rings. The van der Waals surface area contributed by atoms with Crippen LogP contribution in [0.1, 0.15) is 54.1 Å². The number of hydrogen-bond acceptors (Lipinski definition) is 1. The summed E-state index contributed by atoms with van der Waals surface area (Å²) in [6.07, 6.45) is 5.26. The number of rotatable bonds is 5. The summed E-state index contributed by atoms with van der Waals surface area (Å²) in [6, 6.07) is 18.5. The van der Waals surface area contributed by atoms with Gasteiger partial charge in [0.05, 0.1) is 5.41 Å². The average Bonchev–Trinajstić information content (AvgIpc) is 2.48. The van der Waals surface area contributed by atoms with E-state index >= 15 is 0 Å². The molecule has 21 heavy (non-hydrogen) atoms. The Bertz CT molecular complexity index is 623. The van der Waals surface area contributed by atoms with E-state index in [1.54, 1.807) is 0 Å². The summed E-state index contributed by atoms with van der Waals surface area (Å²) in [6.45, 7) is 2.17. The lowest BCUT2D eigenvalue weighted by molar-refractivity contribution is 0.0789. The van der Waals surface area contributed by atoms with Gasteiger partial charge in [0.15, 0.2) is 5.78 Å². The Kier molecular flexibility index (Phi) is 3.92. The van der Waals surface area contributed by atoms with Gasteiger partial charge in [-0.05, 0) is 36.5 Å². The molecule has 0 unspecified atom stereocenters. The monoisotopic (exact) mass is 278 g/mol. The molecule has 1 saturated carbocycles. The lowest BCUT2D eigenvalue weighted by Crippen LogP contribution is -2.42. The highest BCUT2D eigenvalue weighted by Gasteiger charge is 2.45. The van der Waals surface area contributed by atoms with Crippen molar-refractivity contribution in [1.29, 1.82) is 0 Å². The third-order valence-corrected chi connectivity index (χ3v) is 4.70. The summed E-state index contributed by atoms with van der Waals surface area (Å²) in [7, 11) is 0. The zero-order valence-electron chi connectivity index (χ0n) is 12.6. The largest absolute Gasteiger partial charge is 0.293 e. The second-order valence-electron chi connectivity index (χ2n) is 6.08. The molecule has 0 bridgehead atoms. The van der Waals surface area contributed by atoms with Crippen molar-refractivity contribution < 1.29 is 4.79 Å². The van der Waals surface area contributed by atoms with Gasteiger partial charge in [0.2, 0.25) is 0 Å². The fourth-order valence-electron chi connectivity index (χ4n) is 3.37. The number of ketones is 1. The molecule has 1 nitrogen and oxygen atoms in total. The molecule has 0 spiro atoms. The van der Waals surface area contributed by atoms with Crippen molar-refractivity contribution in [2.75, 3.05) is 0 Å². The van der Waals surface area contributed by atoms with Gasteiger partial charge in [-0.15, -0.1) is 0 Å². The van der Waals surface area contributed by atoms with Crippen LogP contribution in [-0.2, 0) is 11.8 Å². The highest BCUT2D eigenvalue weighted by atomic mass is 16.1. The first-order valence-corrected chi connectivity index (χ1v) is 7.95. The number of carbonyl (C=O) groups excluding carboxylic acids is 1. The molecule has 0 aliphatic heterocycles. The van der Waals surface area contributed by atoms with Crippen LogP contribution in [-0.4, -0.2) is 5.78 Å². The molecule has 0 saturated heterocycles. The number of hydrogen-bond donors (Lipinski definition) is 0. The zero-order chi connectivity index (χ0) is 14.7. The molecule has 1 fully saturated rings. The molecule has 0 radical (unpaired) electrons. The summed E-state index contributed by atoms with van der Waals surface area (Å²) in [5.74, 6) is 0.304. The summed E-state index contributed by atoms with van der Waals surface area (Å²) >= 11 is 0. The van der Waals surface area contributed by atoms with Crippen molar-refractivity contribution in [3.63, 3.8) is 0 Å². The van der Waals surface area contributed by atoms with Gasteiger partial charge in [-0.2, -0.15) is 0 Å². The Morgan fingerprint density at radius 1 is 1.05 bits per heavy atom. The highest BCUT2D eigenvalue weighted by molar-refractivity contribution is 6.04. The first kappa shape index (κ1) is 14.1.